The molecule has 0 radical (unpaired) electrons. The molecule has 1 saturated heterocycles. The molecule has 4 nitrogen and oxygen atoms in total. The van der Waals surface area contributed by atoms with E-state index in [0.717, 1.165) is 31.2 Å². The lowest BCUT2D eigenvalue weighted by molar-refractivity contribution is -0.144. The average Bonchev–Trinajstić information content (AvgIpc) is 3.35. The van der Waals surface area contributed by atoms with Crippen LogP contribution in [0.5, 0.6) is 0 Å². The maximum atomic E-state index is 12.4. The summed E-state index contributed by atoms with van der Waals surface area (Å²) in [7, 11) is 0. The third kappa shape index (κ3) is 2.96. The van der Waals surface area contributed by atoms with E-state index in [4.69, 9.17) is 4.74 Å². The zero-order valence-electron chi connectivity index (χ0n) is 22.7. The zero-order valence-corrected chi connectivity index (χ0v) is 22.7. The van der Waals surface area contributed by atoms with Crippen molar-refractivity contribution in [2.45, 2.75) is 136 Å². The normalized spacial score (nSPS) is 53.8. The molecule has 7 fully saturated rings. The number of carbonyl (C=O) groups excluding carboxylic acids is 1. The number of nitrogens with zero attached hydrogens (tertiary/aromatic N) is 1. The lowest BCUT2D eigenvalue weighted by Crippen LogP contribution is -2.54. The van der Waals surface area contributed by atoms with Gasteiger partial charge in [0.25, 0.3) is 0 Å². The molecular weight excluding hydrogens is 434 g/mol. The first-order valence-electron chi connectivity index (χ1n) is 15.2. The largest absolute Gasteiger partial charge is 0.393 e. The molecule has 2 spiro atoms. The Hall–Kier alpha value is -0.610. The van der Waals surface area contributed by atoms with Crippen LogP contribution in [0.2, 0.25) is 0 Å². The van der Waals surface area contributed by atoms with Crippen molar-refractivity contribution in [2.24, 2.45) is 45.3 Å². The van der Waals surface area contributed by atoms with E-state index in [2.05, 4.69) is 25.7 Å². The Morgan fingerprint density at radius 2 is 1.69 bits per heavy atom. The molecule has 1 heterocycles. The van der Waals surface area contributed by atoms with Crippen LogP contribution >= 0.6 is 0 Å². The summed E-state index contributed by atoms with van der Waals surface area (Å²) in [5.41, 5.74) is 1.62. The molecule has 0 aromatic heterocycles. The van der Waals surface area contributed by atoms with Gasteiger partial charge in [0.1, 0.15) is 0 Å². The summed E-state index contributed by atoms with van der Waals surface area (Å²) in [5, 5.41) is 10.9. The molecular formula is C31H49NO3. The van der Waals surface area contributed by atoms with Crippen molar-refractivity contribution in [1.29, 1.82) is 0 Å². The predicted octanol–water partition coefficient (Wildman–Crippen LogP) is 5.95. The van der Waals surface area contributed by atoms with Crippen molar-refractivity contribution in [1.82, 2.24) is 4.90 Å². The minimum Gasteiger partial charge on any atom is -0.393 e. The first-order valence-corrected chi connectivity index (χ1v) is 15.2. The number of rotatable bonds is 3. The Bertz CT molecular complexity index is 898. The molecule has 0 bridgehead atoms. The van der Waals surface area contributed by atoms with E-state index in [1.165, 1.54) is 70.6 Å². The first-order chi connectivity index (χ1) is 16.6. The van der Waals surface area contributed by atoms with Gasteiger partial charge in [-0.15, -0.1) is 0 Å². The van der Waals surface area contributed by atoms with Gasteiger partial charge >= 0.3 is 0 Å². The van der Waals surface area contributed by atoms with Gasteiger partial charge in [-0.25, -0.2) is 0 Å². The van der Waals surface area contributed by atoms with Crippen LogP contribution in [0, 0.1) is 45.3 Å². The smallest absolute Gasteiger partial charge is 0.219 e. The van der Waals surface area contributed by atoms with Gasteiger partial charge in [0.05, 0.1) is 18.3 Å². The SMILES string of the molecule is CC(=O)N(CC1CCC2C(CC3C4CCC5C(C)(C)[C@@H](O)CCC56C[C@@]46CC[C@]23C)O1)C1CCC1. The van der Waals surface area contributed by atoms with Crippen molar-refractivity contribution in [3.05, 3.63) is 0 Å². The quantitative estimate of drug-likeness (QED) is 0.539. The van der Waals surface area contributed by atoms with Gasteiger partial charge in [0, 0.05) is 19.5 Å². The number of aliphatic hydroxyl groups excluding tert-OH is 1. The summed E-state index contributed by atoms with van der Waals surface area (Å²) in [4.78, 5) is 14.5. The van der Waals surface area contributed by atoms with Gasteiger partial charge < -0.3 is 14.7 Å². The number of ether oxygens (including phenoxy) is 1. The molecule has 4 heteroatoms. The lowest BCUT2D eigenvalue weighted by atomic mass is 9.46. The Balaban J connectivity index is 1.10. The monoisotopic (exact) mass is 483 g/mol. The van der Waals surface area contributed by atoms with Crippen molar-refractivity contribution in [2.75, 3.05) is 6.54 Å². The fraction of sp³-hybridized carbons (Fsp3) is 0.968. The van der Waals surface area contributed by atoms with Gasteiger partial charge in [-0.05, 0) is 129 Å². The van der Waals surface area contributed by atoms with Crippen LogP contribution in [-0.2, 0) is 9.53 Å². The predicted molar refractivity (Wildman–Crippen MR) is 137 cm³/mol. The second kappa shape index (κ2) is 7.49. The van der Waals surface area contributed by atoms with Gasteiger partial charge in [0.15, 0.2) is 0 Å². The fourth-order valence-electron chi connectivity index (χ4n) is 11.9. The van der Waals surface area contributed by atoms with Crippen LogP contribution in [0.1, 0.15) is 111 Å². The van der Waals surface area contributed by atoms with Crippen LogP contribution in [-0.4, -0.2) is 46.8 Å². The van der Waals surface area contributed by atoms with E-state index < -0.39 is 0 Å². The molecule has 0 aromatic rings. The number of carbonyl (C=O) groups is 1. The highest BCUT2D eigenvalue weighted by atomic mass is 16.5. The van der Waals surface area contributed by atoms with Crippen LogP contribution < -0.4 is 0 Å². The first kappa shape index (κ1) is 23.5. The van der Waals surface area contributed by atoms with Crippen molar-refractivity contribution in [3.8, 4) is 0 Å². The third-order valence-electron chi connectivity index (χ3n) is 14.0. The van der Waals surface area contributed by atoms with E-state index in [0.29, 0.717) is 40.2 Å². The Kier molecular flexibility index (Phi) is 5.03. The van der Waals surface area contributed by atoms with Gasteiger partial charge in [-0.2, -0.15) is 0 Å². The molecule has 1 N–H and O–H groups in total. The molecule has 7 rings (SSSR count). The van der Waals surface area contributed by atoms with E-state index >= 15 is 0 Å². The maximum absolute atomic E-state index is 12.4. The van der Waals surface area contributed by atoms with Crippen molar-refractivity contribution >= 4 is 5.91 Å². The summed E-state index contributed by atoms with van der Waals surface area (Å²) in [6.45, 7) is 9.95. The molecule has 0 aromatic carbocycles. The molecule has 7 aliphatic rings. The van der Waals surface area contributed by atoms with Gasteiger partial charge in [-0.1, -0.05) is 20.8 Å². The Morgan fingerprint density at radius 1 is 0.914 bits per heavy atom. The average molecular weight is 484 g/mol. The highest BCUT2D eigenvalue weighted by Gasteiger charge is 2.80. The minimum atomic E-state index is -0.115. The number of hydrogen-bond acceptors (Lipinski definition) is 3. The Morgan fingerprint density at radius 3 is 2.40 bits per heavy atom. The van der Waals surface area contributed by atoms with E-state index in [1.807, 2.05) is 0 Å². The molecule has 7 unspecified atom stereocenters. The molecule has 35 heavy (non-hydrogen) atoms. The summed E-state index contributed by atoms with van der Waals surface area (Å²) in [6.07, 6.45) is 17.1. The minimum absolute atomic E-state index is 0.0799. The molecule has 1 aliphatic heterocycles. The molecule has 10 atom stereocenters. The zero-order chi connectivity index (χ0) is 24.4. The van der Waals surface area contributed by atoms with E-state index in [1.54, 1.807) is 6.92 Å². The second-order valence-corrected chi connectivity index (χ2v) is 15.2. The standard InChI is InChI=1S/C31H49NO3/c1-19(33)32(20-6-5-7-20)17-21-8-9-23-25(35-21)16-24-22-10-11-26-28(2,3)27(34)12-13-31(26)18-30(22,31)15-14-29(23,24)4/h20-27,34H,5-18H2,1-4H3/t21?,22?,23?,24?,25?,26?,27-,29+,30-,31?/m0/s1. The number of amides is 1. The van der Waals surface area contributed by atoms with E-state index in [9.17, 15) is 9.90 Å². The molecule has 196 valence electrons. The molecule has 6 aliphatic carbocycles. The summed E-state index contributed by atoms with van der Waals surface area (Å²) >= 11 is 0. The third-order valence-corrected chi connectivity index (χ3v) is 14.0. The highest BCUT2D eigenvalue weighted by molar-refractivity contribution is 5.73. The van der Waals surface area contributed by atoms with Crippen molar-refractivity contribution in [3.63, 3.8) is 0 Å². The summed E-state index contributed by atoms with van der Waals surface area (Å²) in [6, 6.07) is 0.469. The molecule has 1 amide bonds. The van der Waals surface area contributed by atoms with Gasteiger partial charge in [-0.3, -0.25) is 4.79 Å². The number of fused-ring (bicyclic) bond motifs is 4. The Labute approximate surface area is 212 Å². The summed E-state index contributed by atoms with van der Waals surface area (Å²) in [5.74, 6) is 3.36. The maximum Gasteiger partial charge on any atom is 0.219 e. The fourth-order valence-corrected chi connectivity index (χ4v) is 11.9. The van der Waals surface area contributed by atoms with Crippen LogP contribution in [0.25, 0.3) is 0 Å². The number of aliphatic hydroxyl groups is 1. The van der Waals surface area contributed by atoms with Gasteiger partial charge in [0.2, 0.25) is 5.91 Å². The van der Waals surface area contributed by atoms with Crippen LogP contribution in [0.3, 0.4) is 0 Å². The lowest BCUT2D eigenvalue weighted by Gasteiger charge is -2.59. The van der Waals surface area contributed by atoms with Crippen LogP contribution in [0.15, 0.2) is 0 Å². The number of hydrogen-bond donors (Lipinski definition) is 1. The van der Waals surface area contributed by atoms with E-state index in [-0.39, 0.29) is 23.5 Å². The second-order valence-electron chi connectivity index (χ2n) is 15.2. The van der Waals surface area contributed by atoms with Crippen molar-refractivity contribution < 1.29 is 14.6 Å². The highest BCUT2D eigenvalue weighted by Crippen LogP contribution is 2.87. The van der Waals surface area contributed by atoms with Crippen LogP contribution in [0.4, 0.5) is 0 Å². The molecule has 6 saturated carbocycles. The topological polar surface area (TPSA) is 49.8 Å². The summed E-state index contributed by atoms with van der Waals surface area (Å²) < 4.78 is 6.92.